The van der Waals surface area contributed by atoms with E-state index in [1.54, 1.807) is 23.6 Å². The van der Waals surface area contributed by atoms with Gasteiger partial charge >= 0.3 is 0 Å². The second kappa shape index (κ2) is 7.21. The van der Waals surface area contributed by atoms with Crippen molar-refractivity contribution in [3.8, 4) is 11.4 Å². The summed E-state index contributed by atoms with van der Waals surface area (Å²) in [5.41, 5.74) is 1.72. The lowest BCUT2D eigenvalue weighted by atomic mass is 10.2. The average molecular weight is 383 g/mol. The molecule has 0 N–H and O–H groups in total. The Hall–Kier alpha value is -2.58. The van der Waals surface area contributed by atoms with Crippen molar-refractivity contribution in [2.45, 2.75) is 6.92 Å². The number of nitrogens with zero attached hydrogens (tertiary/aromatic N) is 5. The third-order valence-electron chi connectivity index (χ3n) is 4.80. The number of rotatable bonds is 4. The van der Waals surface area contributed by atoms with Gasteiger partial charge in [-0.25, -0.2) is 18.4 Å². The van der Waals surface area contributed by atoms with Crippen LogP contribution < -0.4 is 4.90 Å². The molecule has 0 unspecified atom stereocenters. The van der Waals surface area contributed by atoms with Gasteiger partial charge in [0.05, 0.1) is 11.3 Å². The molecule has 0 spiro atoms. The summed E-state index contributed by atoms with van der Waals surface area (Å²) >= 11 is 0. The number of hydrogen-bond acceptors (Lipinski definition) is 6. The zero-order valence-electron chi connectivity index (χ0n) is 15.1. The number of anilines is 1. The Morgan fingerprint density at radius 2 is 1.78 bits per heavy atom. The Morgan fingerprint density at radius 1 is 1.00 bits per heavy atom. The van der Waals surface area contributed by atoms with Gasteiger partial charge in [-0.3, -0.25) is 4.98 Å². The number of hydrogen-bond donors (Lipinski definition) is 0. The molecule has 0 bridgehead atoms. The molecule has 4 rings (SSSR count). The quantitative estimate of drug-likeness (QED) is 0.687. The number of piperazine rings is 1. The zero-order valence-corrected chi connectivity index (χ0v) is 15.9. The Kier molecular flexibility index (Phi) is 4.75. The lowest BCUT2D eigenvalue weighted by Gasteiger charge is -2.35. The van der Waals surface area contributed by atoms with E-state index in [9.17, 15) is 8.42 Å². The number of pyridine rings is 1. The Labute approximate surface area is 158 Å². The lowest BCUT2D eigenvalue weighted by Crippen LogP contribution is -2.49. The monoisotopic (exact) mass is 383 g/mol. The number of aromatic nitrogens is 3. The van der Waals surface area contributed by atoms with Crippen LogP contribution in [0.5, 0.6) is 0 Å². The third-order valence-corrected chi connectivity index (χ3v) is 6.68. The molecule has 0 saturated carbocycles. The molecular formula is C19H21N5O2S. The maximum absolute atomic E-state index is 12.1. The molecule has 27 heavy (non-hydrogen) atoms. The van der Waals surface area contributed by atoms with Crippen LogP contribution in [0.15, 0.2) is 48.8 Å². The summed E-state index contributed by atoms with van der Waals surface area (Å²) in [6.07, 6.45) is 3.47. The molecule has 7 nitrogen and oxygen atoms in total. The first kappa shape index (κ1) is 17.8. The standard InChI is InChI=1S/C19H21N5O2S/c1-2-27(25,26)24-12-10-23(11-13-24)19-16-7-3-4-8-17(16)21-18(22-19)15-6-5-9-20-14-15/h3-9,14H,2,10-13H2,1H3. The highest BCUT2D eigenvalue weighted by Crippen LogP contribution is 2.28. The van der Waals surface area contributed by atoms with Gasteiger partial charge in [-0.15, -0.1) is 0 Å². The molecule has 0 atom stereocenters. The van der Waals surface area contributed by atoms with Crippen LogP contribution in [0.2, 0.25) is 0 Å². The minimum absolute atomic E-state index is 0.134. The van der Waals surface area contributed by atoms with Crippen LogP contribution in [0.1, 0.15) is 6.92 Å². The Bertz CT molecular complexity index is 1050. The molecule has 140 valence electrons. The molecule has 1 aliphatic heterocycles. The van der Waals surface area contributed by atoms with Gasteiger partial charge in [-0.1, -0.05) is 12.1 Å². The van der Waals surface area contributed by atoms with E-state index in [0.29, 0.717) is 32.0 Å². The summed E-state index contributed by atoms with van der Waals surface area (Å²) in [6.45, 7) is 3.83. The average Bonchev–Trinajstić information content (AvgIpc) is 2.73. The van der Waals surface area contributed by atoms with Gasteiger partial charge < -0.3 is 4.90 Å². The van der Waals surface area contributed by atoms with E-state index in [1.165, 1.54) is 0 Å². The van der Waals surface area contributed by atoms with Crippen LogP contribution in [-0.2, 0) is 10.0 Å². The fourth-order valence-electron chi connectivity index (χ4n) is 3.29. The van der Waals surface area contributed by atoms with Gasteiger partial charge in [0.25, 0.3) is 0 Å². The molecule has 3 aromatic rings. The first-order valence-corrected chi connectivity index (χ1v) is 10.6. The van der Waals surface area contributed by atoms with E-state index >= 15 is 0 Å². The molecule has 1 aromatic carbocycles. The van der Waals surface area contributed by atoms with E-state index in [0.717, 1.165) is 22.3 Å². The third kappa shape index (κ3) is 3.50. The van der Waals surface area contributed by atoms with Crippen molar-refractivity contribution in [3.63, 3.8) is 0 Å². The van der Waals surface area contributed by atoms with Crippen molar-refractivity contribution >= 4 is 26.7 Å². The number of benzene rings is 1. The van der Waals surface area contributed by atoms with E-state index in [1.807, 2.05) is 36.4 Å². The minimum Gasteiger partial charge on any atom is -0.353 e. The topological polar surface area (TPSA) is 79.3 Å². The highest BCUT2D eigenvalue weighted by molar-refractivity contribution is 7.89. The van der Waals surface area contributed by atoms with Crippen molar-refractivity contribution in [1.82, 2.24) is 19.3 Å². The van der Waals surface area contributed by atoms with Crippen molar-refractivity contribution in [2.75, 3.05) is 36.8 Å². The molecule has 8 heteroatoms. The zero-order chi connectivity index (χ0) is 18.9. The fourth-order valence-corrected chi connectivity index (χ4v) is 4.37. The summed E-state index contributed by atoms with van der Waals surface area (Å²) in [5, 5.41) is 0.969. The van der Waals surface area contributed by atoms with Crippen LogP contribution in [0.25, 0.3) is 22.3 Å². The van der Waals surface area contributed by atoms with Crippen LogP contribution in [0.3, 0.4) is 0 Å². The van der Waals surface area contributed by atoms with Crippen LogP contribution in [0.4, 0.5) is 5.82 Å². The fraction of sp³-hybridized carbons (Fsp3) is 0.316. The summed E-state index contributed by atoms with van der Waals surface area (Å²) in [7, 11) is -3.15. The Morgan fingerprint density at radius 3 is 2.48 bits per heavy atom. The molecule has 1 aliphatic rings. The van der Waals surface area contributed by atoms with E-state index in [4.69, 9.17) is 4.98 Å². The summed E-state index contributed by atoms with van der Waals surface area (Å²) in [4.78, 5) is 15.8. The predicted octanol–water partition coefficient (Wildman–Crippen LogP) is 2.16. The number of fused-ring (bicyclic) bond motifs is 1. The summed E-state index contributed by atoms with van der Waals surface area (Å²) in [5.74, 6) is 1.60. The van der Waals surface area contributed by atoms with Gasteiger partial charge in [0, 0.05) is 49.5 Å². The number of para-hydroxylation sites is 1. The van der Waals surface area contributed by atoms with E-state index < -0.39 is 10.0 Å². The molecule has 2 aromatic heterocycles. The second-order valence-corrected chi connectivity index (χ2v) is 8.67. The van der Waals surface area contributed by atoms with Crippen molar-refractivity contribution in [1.29, 1.82) is 0 Å². The van der Waals surface area contributed by atoms with Crippen molar-refractivity contribution < 1.29 is 8.42 Å². The van der Waals surface area contributed by atoms with E-state index in [2.05, 4.69) is 14.9 Å². The number of sulfonamides is 1. The van der Waals surface area contributed by atoms with E-state index in [-0.39, 0.29) is 5.75 Å². The maximum atomic E-state index is 12.1. The molecule has 0 radical (unpaired) electrons. The van der Waals surface area contributed by atoms with Gasteiger partial charge in [0.15, 0.2) is 5.82 Å². The van der Waals surface area contributed by atoms with Crippen LogP contribution in [-0.4, -0.2) is 59.6 Å². The molecule has 1 fully saturated rings. The van der Waals surface area contributed by atoms with Gasteiger partial charge in [-0.05, 0) is 31.2 Å². The van der Waals surface area contributed by atoms with Crippen LogP contribution >= 0.6 is 0 Å². The summed E-state index contributed by atoms with van der Waals surface area (Å²) in [6, 6.07) is 11.7. The maximum Gasteiger partial charge on any atom is 0.213 e. The molecule has 3 heterocycles. The Balaban J connectivity index is 1.71. The van der Waals surface area contributed by atoms with Crippen molar-refractivity contribution in [2.24, 2.45) is 0 Å². The molecule has 1 saturated heterocycles. The first-order valence-electron chi connectivity index (χ1n) is 8.98. The molecule has 0 aliphatic carbocycles. The highest BCUT2D eigenvalue weighted by Gasteiger charge is 2.27. The van der Waals surface area contributed by atoms with Crippen LogP contribution in [0, 0.1) is 0 Å². The lowest BCUT2D eigenvalue weighted by molar-refractivity contribution is 0.385. The SMILES string of the molecule is CCS(=O)(=O)N1CCN(c2nc(-c3cccnc3)nc3ccccc23)CC1. The molecule has 0 amide bonds. The smallest absolute Gasteiger partial charge is 0.213 e. The van der Waals surface area contributed by atoms with Gasteiger partial charge in [-0.2, -0.15) is 4.31 Å². The minimum atomic E-state index is -3.15. The summed E-state index contributed by atoms with van der Waals surface area (Å²) < 4.78 is 25.8. The first-order chi connectivity index (χ1) is 13.1. The predicted molar refractivity (Wildman–Crippen MR) is 106 cm³/mol. The second-order valence-electron chi connectivity index (χ2n) is 6.42. The largest absolute Gasteiger partial charge is 0.353 e. The normalized spacial score (nSPS) is 16.0. The van der Waals surface area contributed by atoms with Gasteiger partial charge in [0.1, 0.15) is 5.82 Å². The molecular weight excluding hydrogens is 362 g/mol. The van der Waals surface area contributed by atoms with Crippen molar-refractivity contribution in [3.05, 3.63) is 48.8 Å². The highest BCUT2D eigenvalue weighted by atomic mass is 32.2. The van der Waals surface area contributed by atoms with Gasteiger partial charge in [0.2, 0.25) is 10.0 Å².